The zero-order valence-corrected chi connectivity index (χ0v) is 11.8. The van der Waals surface area contributed by atoms with Crippen LogP contribution in [0.15, 0.2) is 18.2 Å². The third-order valence-electron chi connectivity index (χ3n) is 3.77. The number of carbonyl (C=O) groups excluding carboxylic acids is 1. The van der Waals surface area contributed by atoms with Gasteiger partial charge in [-0.2, -0.15) is 4.39 Å². The molecule has 1 aromatic rings. The van der Waals surface area contributed by atoms with Crippen molar-refractivity contribution in [3.63, 3.8) is 0 Å². The van der Waals surface area contributed by atoms with Gasteiger partial charge < -0.3 is 5.32 Å². The lowest BCUT2D eigenvalue weighted by atomic mass is 9.96. The van der Waals surface area contributed by atoms with Crippen molar-refractivity contribution >= 4 is 11.6 Å². The van der Waals surface area contributed by atoms with Crippen LogP contribution in [0.2, 0.25) is 0 Å². The van der Waals surface area contributed by atoms with Crippen LogP contribution in [0.3, 0.4) is 0 Å². The number of halogens is 1. The van der Waals surface area contributed by atoms with Gasteiger partial charge in [0, 0.05) is 31.8 Å². The van der Waals surface area contributed by atoms with E-state index >= 15 is 0 Å². The highest BCUT2D eigenvalue weighted by atomic mass is 19.1. The number of likely N-dealkylation sites (tertiary alicyclic amines) is 1. The molecule has 1 fully saturated rings. The number of hydrogen-bond acceptors (Lipinski definition) is 4. The lowest BCUT2D eigenvalue weighted by Gasteiger charge is -2.31. The molecule has 1 aliphatic rings. The van der Waals surface area contributed by atoms with Gasteiger partial charge in [0.15, 0.2) is 0 Å². The van der Waals surface area contributed by atoms with Gasteiger partial charge in [-0.05, 0) is 19.4 Å². The first-order valence-electron chi connectivity index (χ1n) is 6.88. The summed E-state index contributed by atoms with van der Waals surface area (Å²) in [5.41, 5.74) is -0.214. The van der Waals surface area contributed by atoms with Crippen LogP contribution in [0.5, 0.6) is 0 Å². The van der Waals surface area contributed by atoms with Gasteiger partial charge in [0.2, 0.25) is 11.7 Å². The van der Waals surface area contributed by atoms with Gasteiger partial charge >= 0.3 is 5.69 Å². The molecule has 1 atom stereocenters. The lowest BCUT2D eigenvalue weighted by Crippen LogP contribution is -2.41. The summed E-state index contributed by atoms with van der Waals surface area (Å²) in [6.07, 6.45) is 1.67. The maximum absolute atomic E-state index is 14.1. The minimum absolute atomic E-state index is 0.0146. The average Bonchev–Trinajstić information content (AvgIpc) is 2.48. The van der Waals surface area contributed by atoms with E-state index < -0.39 is 16.4 Å². The zero-order chi connectivity index (χ0) is 15.4. The van der Waals surface area contributed by atoms with Crippen LogP contribution < -0.4 is 5.32 Å². The number of amides is 1. The first-order valence-corrected chi connectivity index (χ1v) is 6.88. The molecule has 0 spiro atoms. The van der Waals surface area contributed by atoms with Crippen molar-refractivity contribution in [2.75, 3.05) is 20.1 Å². The molecule has 1 heterocycles. The van der Waals surface area contributed by atoms with E-state index in [0.29, 0.717) is 12.1 Å². The molecular weight excluding hydrogens is 277 g/mol. The van der Waals surface area contributed by atoms with Crippen molar-refractivity contribution in [2.24, 2.45) is 5.92 Å². The second-order valence-electron chi connectivity index (χ2n) is 5.20. The molecule has 1 unspecified atom stereocenters. The first kappa shape index (κ1) is 15.4. The number of carbonyl (C=O) groups is 1. The van der Waals surface area contributed by atoms with Crippen LogP contribution in [0, 0.1) is 21.8 Å². The van der Waals surface area contributed by atoms with Crippen LogP contribution in [-0.4, -0.2) is 35.9 Å². The Kier molecular flexibility index (Phi) is 4.85. The van der Waals surface area contributed by atoms with E-state index in [1.807, 2.05) is 4.90 Å². The standard InChI is InChI=1S/C14H18FN3O3/c1-16-14(19)11-5-3-7-17(9-11)8-10-4-2-6-12(13(10)15)18(20)21/h2,4,6,11H,3,5,7-9H2,1H3,(H,16,19). The Balaban J connectivity index is 2.09. The van der Waals surface area contributed by atoms with Crippen molar-refractivity contribution < 1.29 is 14.1 Å². The van der Waals surface area contributed by atoms with Crippen LogP contribution in [0.1, 0.15) is 18.4 Å². The van der Waals surface area contributed by atoms with Gasteiger partial charge in [-0.25, -0.2) is 0 Å². The zero-order valence-electron chi connectivity index (χ0n) is 11.8. The number of piperidine rings is 1. The van der Waals surface area contributed by atoms with Gasteiger partial charge in [-0.15, -0.1) is 0 Å². The fourth-order valence-electron chi connectivity index (χ4n) is 2.69. The SMILES string of the molecule is CNC(=O)C1CCCN(Cc2cccc([N+](=O)[O-])c2F)C1. The third-order valence-corrected chi connectivity index (χ3v) is 3.77. The summed E-state index contributed by atoms with van der Waals surface area (Å²) < 4.78 is 14.1. The highest BCUT2D eigenvalue weighted by molar-refractivity contribution is 5.78. The van der Waals surface area contributed by atoms with Crippen molar-refractivity contribution in [1.82, 2.24) is 10.2 Å². The fourth-order valence-corrected chi connectivity index (χ4v) is 2.69. The molecule has 0 saturated carbocycles. The molecule has 0 bridgehead atoms. The molecule has 2 rings (SSSR count). The van der Waals surface area contributed by atoms with Crippen LogP contribution in [0.25, 0.3) is 0 Å². The number of nitrogens with zero attached hydrogens (tertiary/aromatic N) is 2. The molecule has 1 aliphatic heterocycles. The van der Waals surface area contributed by atoms with Gasteiger partial charge in [0.25, 0.3) is 0 Å². The summed E-state index contributed by atoms with van der Waals surface area (Å²) in [6, 6.07) is 4.19. The van der Waals surface area contributed by atoms with Crippen molar-refractivity contribution in [1.29, 1.82) is 0 Å². The number of hydrogen-bond donors (Lipinski definition) is 1. The summed E-state index contributed by atoms with van der Waals surface area (Å²) in [7, 11) is 1.60. The molecule has 114 valence electrons. The molecule has 21 heavy (non-hydrogen) atoms. The van der Waals surface area contributed by atoms with Crippen molar-refractivity contribution in [2.45, 2.75) is 19.4 Å². The molecule has 6 nitrogen and oxygen atoms in total. The lowest BCUT2D eigenvalue weighted by molar-refractivity contribution is -0.387. The highest BCUT2D eigenvalue weighted by Gasteiger charge is 2.26. The number of benzene rings is 1. The maximum Gasteiger partial charge on any atom is 0.305 e. The third kappa shape index (κ3) is 3.55. The van der Waals surface area contributed by atoms with Crippen LogP contribution in [0.4, 0.5) is 10.1 Å². The van der Waals surface area contributed by atoms with Crippen LogP contribution >= 0.6 is 0 Å². The molecule has 0 aromatic heterocycles. The van der Waals surface area contributed by atoms with E-state index in [0.717, 1.165) is 25.5 Å². The summed E-state index contributed by atoms with van der Waals surface area (Å²) in [5, 5.41) is 13.4. The Labute approximate surface area is 122 Å². The number of nitro groups is 1. The second-order valence-corrected chi connectivity index (χ2v) is 5.20. The quantitative estimate of drug-likeness (QED) is 0.677. The van der Waals surface area contributed by atoms with Crippen molar-refractivity contribution in [3.05, 3.63) is 39.7 Å². The van der Waals surface area contributed by atoms with E-state index in [4.69, 9.17) is 0 Å². The van der Waals surface area contributed by atoms with E-state index in [1.54, 1.807) is 13.1 Å². The molecule has 1 amide bonds. The smallest absolute Gasteiger partial charge is 0.305 e. The van der Waals surface area contributed by atoms with E-state index in [-0.39, 0.29) is 18.4 Å². The Bertz CT molecular complexity index is 550. The molecule has 1 aromatic carbocycles. The molecule has 0 radical (unpaired) electrons. The molecule has 1 saturated heterocycles. The predicted molar refractivity (Wildman–Crippen MR) is 75.1 cm³/mol. The van der Waals surface area contributed by atoms with E-state index in [2.05, 4.69) is 5.32 Å². The Morgan fingerprint density at radius 2 is 2.33 bits per heavy atom. The highest BCUT2D eigenvalue weighted by Crippen LogP contribution is 2.24. The van der Waals surface area contributed by atoms with Gasteiger partial charge in [0.1, 0.15) is 0 Å². The maximum atomic E-state index is 14.1. The van der Waals surface area contributed by atoms with Gasteiger partial charge in [-0.3, -0.25) is 19.8 Å². The number of rotatable bonds is 4. The minimum atomic E-state index is -0.787. The summed E-state index contributed by atoms with van der Waals surface area (Å²) in [6.45, 7) is 1.58. The van der Waals surface area contributed by atoms with Gasteiger partial charge in [0.05, 0.1) is 10.8 Å². The average molecular weight is 295 g/mol. The summed E-state index contributed by atoms with van der Waals surface area (Å²) >= 11 is 0. The first-order chi connectivity index (χ1) is 10.0. The topological polar surface area (TPSA) is 75.5 Å². The summed E-state index contributed by atoms with van der Waals surface area (Å²) in [5.74, 6) is -0.908. The van der Waals surface area contributed by atoms with Crippen molar-refractivity contribution in [3.8, 4) is 0 Å². The molecule has 1 N–H and O–H groups in total. The largest absolute Gasteiger partial charge is 0.359 e. The predicted octanol–water partition coefficient (Wildman–Crippen LogP) is 1.69. The van der Waals surface area contributed by atoms with E-state index in [1.165, 1.54) is 6.07 Å². The van der Waals surface area contributed by atoms with E-state index in [9.17, 15) is 19.3 Å². The minimum Gasteiger partial charge on any atom is -0.359 e. The van der Waals surface area contributed by atoms with Gasteiger partial charge in [-0.1, -0.05) is 12.1 Å². The Hall–Kier alpha value is -2.02. The second kappa shape index (κ2) is 6.62. The molecular formula is C14H18FN3O3. The fraction of sp³-hybridized carbons (Fsp3) is 0.500. The Morgan fingerprint density at radius 1 is 1.57 bits per heavy atom. The number of nitro benzene ring substituents is 1. The molecule has 0 aliphatic carbocycles. The number of nitrogens with one attached hydrogen (secondary N) is 1. The molecule has 7 heteroatoms. The Morgan fingerprint density at radius 3 is 3.00 bits per heavy atom. The van der Waals surface area contributed by atoms with Crippen LogP contribution in [-0.2, 0) is 11.3 Å². The normalized spacial score (nSPS) is 19.2. The summed E-state index contributed by atoms with van der Waals surface area (Å²) in [4.78, 5) is 23.7. The monoisotopic (exact) mass is 295 g/mol.